The van der Waals surface area contributed by atoms with E-state index in [1.165, 1.54) is 12.1 Å². The Morgan fingerprint density at radius 3 is 2.21 bits per heavy atom. The molecular weight excluding hydrogens is 204 g/mol. The lowest BCUT2D eigenvalue weighted by molar-refractivity contribution is -0.230. The molecule has 0 bridgehead atoms. The highest BCUT2D eigenvalue weighted by molar-refractivity contribution is 7.86. The minimum atomic E-state index is -3.78. The third-order valence-electron chi connectivity index (χ3n) is 1.35. The van der Waals surface area contributed by atoms with E-state index in [9.17, 15) is 8.42 Å². The van der Waals surface area contributed by atoms with E-state index in [0.717, 1.165) is 0 Å². The highest BCUT2D eigenvalue weighted by Gasteiger charge is 2.16. The summed E-state index contributed by atoms with van der Waals surface area (Å²) in [6, 6.07) is 7.84. The van der Waals surface area contributed by atoms with E-state index >= 15 is 0 Å². The maximum atomic E-state index is 11.4. The van der Waals surface area contributed by atoms with Crippen LogP contribution in [0, 0.1) is 0 Å². The molecule has 0 aliphatic heterocycles. The largest absolute Gasteiger partial charge is 0.323 e. The number of hydrogen-bond donors (Lipinski definition) is 0. The fourth-order valence-corrected chi connectivity index (χ4v) is 1.59. The Bertz CT molecular complexity index is 369. The van der Waals surface area contributed by atoms with E-state index in [2.05, 4.69) is 9.22 Å². The van der Waals surface area contributed by atoms with Gasteiger partial charge in [-0.3, -0.25) is 0 Å². The van der Waals surface area contributed by atoms with E-state index in [-0.39, 0.29) is 11.0 Å². The molecule has 78 valence electrons. The Morgan fingerprint density at radius 1 is 1.14 bits per heavy atom. The van der Waals surface area contributed by atoms with Crippen LogP contribution in [-0.2, 0) is 19.3 Å². The van der Waals surface area contributed by atoms with Crippen LogP contribution < -0.4 is 0 Å². The molecule has 1 aromatic carbocycles. The van der Waals surface area contributed by atoms with E-state index < -0.39 is 10.1 Å². The van der Waals surface area contributed by atoms with E-state index in [4.69, 9.17) is 0 Å². The molecule has 0 saturated heterocycles. The van der Waals surface area contributed by atoms with Gasteiger partial charge in [-0.2, -0.15) is 8.42 Å². The highest BCUT2D eigenvalue weighted by Crippen LogP contribution is 2.12. The van der Waals surface area contributed by atoms with Crippen LogP contribution in [0.15, 0.2) is 35.2 Å². The first kappa shape index (κ1) is 11.2. The van der Waals surface area contributed by atoms with Crippen LogP contribution in [0.4, 0.5) is 0 Å². The standard InChI is InChI=1S/C9H12O4S/c1-8(2)12-13-14(10,11)9-6-4-3-5-7-9/h3-8H,1-2H3. The second kappa shape index (κ2) is 4.54. The Morgan fingerprint density at radius 2 is 1.71 bits per heavy atom. The van der Waals surface area contributed by atoms with Crippen LogP contribution in [0.3, 0.4) is 0 Å². The summed E-state index contributed by atoms with van der Waals surface area (Å²) in [6.45, 7) is 3.36. The van der Waals surface area contributed by atoms with Crippen molar-refractivity contribution in [2.24, 2.45) is 0 Å². The van der Waals surface area contributed by atoms with Crippen molar-refractivity contribution >= 4 is 10.1 Å². The topological polar surface area (TPSA) is 52.6 Å². The second-order valence-electron chi connectivity index (χ2n) is 2.98. The normalized spacial score (nSPS) is 11.9. The summed E-state index contributed by atoms with van der Waals surface area (Å²) in [5, 5.41) is 0. The SMILES string of the molecule is CC(C)OOS(=O)(=O)c1ccccc1. The monoisotopic (exact) mass is 216 g/mol. The highest BCUT2D eigenvalue weighted by atomic mass is 32.2. The average molecular weight is 216 g/mol. The van der Waals surface area contributed by atoms with Gasteiger partial charge in [0.15, 0.2) is 0 Å². The van der Waals surface area contributed by atoms with Crippen LogP contribution in [-0.4, -0.2) is 14.5 Å². The van der Waals surface area contributed by atoms with Crippen molar-refractivity contribution in [1.29, 1.82) is 0 Å². The predicted molar refractivity (Wildman–Crippen MR) is 50.9 cm³/mol. The van der Waals surface area contributed by atoms with Crippen molar-refractivity contribution < 1.29 is 17.6 Å². The molecule has 4 nitrogen and oxygen atoms in total. The van der Waals surface area contributed by atoms with Crippen molar-refractivity contribution in [3.05, 3.63) is 30.3 Å². The molecule has 0 amide bonds. The maximum Gasteiger partial charge on any atom is 0.323 e. The van der Waals surface area contributed by atoms with E-state index in [1.807, 2.05) is 0 Å². The zero-order valence-corrected chi connectivity index (χ0v) is 8.82. The molecule has 0 atom stereocenters. The van der Waals surface area contributed by atoms with Crippen LogP contribution in [0.25, 0.3) is 0 Å². The van der Waals surface area contributed by atoms with E-state index in [0.29, 0.717) is 0 Å². The minimum absolute atomic E-state index is 0.0839. The van der Waals surface area contributed by atoms with Gasteiger partial charge >= 0.3 is 10.1 Å². The second-order valence-corrected chi connectivity index (χ2v) is 4.50. The van der Waals surface area contributed by atoms with Gasteiger partial charge in [0.25, 0.3) is 0 Å². The number of benzene rings is 1. The minimum Gasteiger partial charge on any atom is -0.217 e. The van der Waals surface area contributed by atoms with Gasteiger partial charge in [-0.05, 0) is 26.0 Å². The van der Waals surface area contributed by atoms with Crippen molar-refractivity contribution in [2.45, 2.75) is 24.8 Å². The molecule has 0 unspecified atom stereocenters. The van der Waals surface area contributed by atoms with Crippen molar-refractivity contribution in [3.63, 3.8) is 0 Å². The molecular formula is C9H12O4S. The van der Waals surface area contributed by atoms with Crippen molar-refractivity contribution in [3.8, 4) is 0 Å². The molecule has 1 rings (SSSR count). The molecule has 0 aliphatic rings. The van der Waals surface area contributed by atoms with Crippen LogP contribution in [0.2, 0.25) is 0 Å². The first-order valence-electron chi connectivity index (χ1n) is 4.17. The molecule has 0 aliphatic carbocycles. The Balaban J connectivity index is 2.77. The molecule has 0 heterocycles. The summed E-state index contributed by atoms with van der Waals surface area (Å²) in [5.41, 5.74) is 0. The zero-order valence-electron chi connectivity index (χ0n) is 8.01. The van der Waals surface area contributed by atoms with Crippen molar-refractivity contribution in [1.82, 2.24) is 0 Å². The summed E-state index contributed by atoms with van der Waals surface area (Å²) < 4.78 is 27.1. The molecule has 14 heavy (non-hydrogen) atoms. The summed E-state index contributed by atoms with van der Waals surface area (Å²) >= 11 is 0. The third kappa shape index (κ3) is 3.10. The molecule has 0 spiro atoms. The molecule has 1 aromatic rings. The lowest BCUT2D eigenvalue weighted by Crippen LogP contribution is -2.11. The number of rotatable bonds is 4. The van der Waals surface area contributed by atoms with Gasteiger partial charge in [-0.25, -0.2) is 4.89 Å². The first-order chi connectivity index (χ1) is 6.52. The quantitative estimate of drug-likeness (QED) is 0.568. The summed E-state index contributed by atoms with van der Waals surface area (Å²) in [7, 11) is -3.78. The summed E-state index contributed by atoms with van der Waals surface area (Å²) in [4.78, 5) is 4.66. The van der Waals surface area contributed by atoms with Crippen LogP contribution in [0.1, 0.15) is 13.8 Å². The summed E-state index contributed by atoms with van der Waals surface area (Å²) in [6.07, 6.45) is -0.298. The van der Waals surface area contributed by atoms with Gasteiger partial charge in [0.05, 0.1) is 11.0 Å². The predicted octanol–water partition coefficient (Wildman–Crippen LogP) is 1.73. The third-order valence-corrected chi connectivity index (χ3v) is 2.46. The fourth-order valence-electron chi connectivity index (χ4n) is 0.757. The Kier molecular flexibility index (Phi) is 3.62. The maximum absolute atomic E-state index is 11.4. The first-order valence-corrected chi connectivity index (χ1v) is 5.58. The number of hydrogen-bond acceptors (Lipinski definition) is 4. The Labute approximate surface area is 83.5 Å². The molecule has 0 radical (unpaired) electrons. The molecule has 0 N–H and O–H groups in total. The van der Waals surface area contributed by atoms with Gasteiger partial charge in [0, 0.05) is 0 Å². The van der Waals surface area contributed by atoms with Crippen LogP contribution >= 0.6 is 0 Å². The van der Waals surface area contributed by atoms with E-state index in [1.54, 1.807) is 32.0 Å². The molecule has 0 fully saturated rings. The van der Waals surface area contributed by atoms with Gasteiger partial charge < -0.3 is 0 Å². The summed E-state index contributed by atoms with van der Waals surface area (Å²) in [5.74, 6) is 0. The Hall–Kier alpha value is -0.910. The van der Waals surface area contributed by atoms with Gasteiger partial charge in [-0.15, -0.1) is 4.33 Å². The van der Waals surface area contributed by atoms with Gasteiger partial charge in [0.1, 0.15) is 0 Å². The lowest BCUT2D eigenvalue weighted by atomic mass is 10.4. The lowest BCUT2D eigenvalue weighted by Gasteiger charge is -2.06. The zero-order chi connectivity index (χ0) is 10.6. The average Bonchev–Trinajstić information content (AvgIpc) is 2.16. The molecule has 0 saturated carbocycles. The van der Waals surface area contributed by atoms with Gasteiger partial charge in [0.2, 0.25) is 0 Å². The van der Waals surface area contributed by atoms with Crippen LogP contribution in [0.5, 0.6) is 0 Å². The van der Waals surface area contributed by atoms with Gasteiger partial charge in [-0.1, -0.05) is 18.2 Å². The molecule has 0 aromatic heterocycles. The smallest absolute Gasteiger partial charge is 0.217 e. The fraction of sp³-hybridized carbons (Fsp3) is 0.333. The van der Waals surface area contributed by atoms with Crippen molar-refractivity contribution in [2.75, 3.05) is 0 Å². The molecule has 5 heteroatoms.